The van der Waals surface area contributed by atoms with Crippen molar-refractivity contribution >= 4 is 21.6 Å². The average Bonchev–Trinajstić information content (AvgIpc) is 2.18. The van der Waals surface area contributed by atoms with E-state index in [2.05, 4.69) is 4.98 Å². The van der Waals surface area contributed by atoms with Crippen molar-refractivity contribution in [3.63, 3.8) is 0 Å². The lowest BCUT2D eigenvalue weighted by Crippen LogP contribution is -2.29. The summed E-state index contributed by atoms with van der Waals surface area (Å²) in [5, 5.41) is 0. The predicted molar refractivity (Wildman–Crippen MR) is 64.5 cm³/mol. The summed E-state index contributed by atoms with van der Waals surface area (Å²) in [6.45, 7) is 3.46. The number of pyridine rings is 1. The summed E-state index contributed by atoms with van der Waals surface area (Å²) in [7, 11) is -3.13. The second-order valence-electron chi connectivity index (χ2n) is 3.72. The Balaban J connectivity index is 2.92. The highest BCUT2D eigenvalue weighted by Gasteiger charge is 2.33. The molecule has 0 spiro atoms. The molecule has 1 heterocycles. The first-order valence-electron chi connectivity index (χ1n) is 4.55. The summed E-state index contributed by atoms with van der Waals surface area (Å²) < 4.78 is 23.3. The third kappa shape index (κ3) is 2.95. The lowest BCUT2D eigenvalue weighted by molar-refractivity contribution is 0.581. The van der Waals surface area contributed by atoms with E-state index >= 15 is 0 Å². The van der Waals surface area contributed by atoms with Gasteiger partial charge in [-0.3, -0.25) is 4.98 Å². The Morgan fingerprint density at radius 2 is 1.87 bits per heavy atom. The van der Waals surface area contributed by atoms with Gasteiger partial charge in [0.05, 0.1) is 5.75 Å². The minimum atomic E-state index is -3.13. The lowest BCUT2D eigenvalue weighted by atomic mass is 10.3. The van der Waals surface area contributed by atoms with Crippen LogP contribution < -0.4 is 0 Å². The van der Waals surface area contributed by atoms with Crippen LogP contribution in [-0.4, -0.2) is 23.7 Å². The van der Waals surface area contributed by atoms with Crippen molar-refractivity contribution in [2.24, 2.45) is 0 Å². The zero-order chi connectivity index (χ0) is 11.5. The Kier molecular flexibility index (Phi) is 3.78. The maximum absolute atomic E-state index is 12.0. The topological polar surface area (TPSA) is 47.0 Å². The van der Waals surface area contributed by atoms with E-state index in [-0.39, 0.29) is 5.75 Å². The van der Waals surface area contributed by atoms with E-state index in [1.165, 1.54) is 11.8 Å². The molecule has 0 aliphatic heterocycles. The van der Waals surface area contributed by atoms with E-state index in [4.69, 9.17) is 0 Å². The molecule has 1 aromatic rings. The first-order valence-corrected chi connectivity index (χ1v) is 7.43. The van der Waals surface area contributed by atoms with Crippen molar-refractivity contribution in [3.8, 4) is 0 Å². The monoisotopic (exact) mass is 245 g/mol. The fourth-order valence-corrected chi connectivity index (χ4v) is 3.17. The van der Waals surface area contributed by atoms with E-state index in [1.54, 1.807) is 38.4 Å². The van der Waals surface area contributed by atoms with Crippen LogP contribution in [0.25, 0.3) is 0 Å². The summed E-state index contributed by atoms with van der Waals surface area (Å²) in [5.74, 6) is 0.0728. The Bertz CT molecular complexity index is 412. The first kappa shape index (κ1) is 12.5. The highest BCUT2D eigenvalue weighted by atomic mass is 32.3. The van der Waals surface area contributed by atoms with E-state index in [0.717, 1.165) is 5.56 Å². The number of hydrogen-bond acceptors (Lipinski definition) is 4. The van der Waals surface area contributed by atoms with Crippen LogP contribution in [-0.2, 0) is 15.6 Å². The molecule has 0 saturated carbocycles. The maximum atomic E-state index is 12.0. The molecule has 0 aliphatic carbocycles. The predicted octanol–water partition coefficient (Wildman–Crippen LogP) is 2.10. The number of aromatic nitrogens is 1. The number of rotatable bonds is 4. The highest BCUT2D eigenvalue weighted by Crippen LogP contribution is 2.30. The smallest absolute Gasteiger partial charge is 0.168 e. The van der Waals surface area contributed by atoms with Crippen molar-refractivity contribution in [1.29, 1.82) is 0 Å². The van der Waals surface area contributed by atoms with Gasteiger partial charge in [0.15, 0.2) is 9.84 Å². The van der Waals surface area contributed by atoms with Crippen LogP contribution >= 0.6 is 11.8 Å². The zero-order valence-corrected chi connectivity index (χ0v) is 10.7. The van der Waals surface area contributed by atoms with Crippen molar-refractivity contribution in [3.05, 3.63) is 30.1 Å². The van der Waals surface area contributed by atoms with E-state index < -0.39 is 13.9 Å². The first-order chi connectivity index (χ1) is 6.89. The van der Waals surface area contributed by atoms with Gasteiger partial charge in [-0.2, -0.15) is 0 Å². The van der Waals surface area contributed by atoms with Gasteiger partial charge in [-0.05, 0) is 37.8 Å². The summed E-state index contributed by atoms with van der Waals surface area (Å²) in [5.41, 5.74) is 0.784. The van der Waals surface area contributed by atoms with Gasteiger partial charge in [0.2, 0.25) is 0 Å². The van der Waals surface area contributed by atoms with E-state index in [1.807, 2.05) is 6.26 Å². The second kappa shape index (κ2) is 4.53. The van der Waals surface area contributed by atoms with Crippen molar-refractivity contribution in [1.82, 2.24) is 4.98 Å². The molecule has 0 fully saturated rings. The van der Waals surface area contributed by atoms with E-state index in [0.29, 0.717) is 0 Å². The van der Waals surface area contributed by atoms with Crippen molar-refractivity contribution in [2.75, 3.05) is 6.26 Å². The van der Waals surface area contributed by atoms with Gasteiger partial charge in [-0.1, -0.05) is 0 Å². The molecule has 0 bridgehead atoms. The van der Waals surface area contributed by atoms with Crippen LogP contribution in [0.15, 0.2) is 24.5 Å². The SMILES string of the molecule is CSC(C)(C)S(=O)(=O)Cc1ccncc1. The molecule has 0 saturated heterocycles. The molecule has 3 nitrogen and oxygen atoms in total. The quantitative estimate of drug-likeness (QED) is 0.815. The van der Waals surface area contributed by atoms with Crippen LogP contribution in [0, 0.1) is 0 Å². The Morgan fingerprint density at radius 3 is 2.33 bits per heavy atom. The molecule has 0 unspecified atom stereocenters. The number of hydrogen-bond donors (Lipinski definition) is 0. The van der Waals surface area contributed by atoms with Gasteiger partial charge in [-0.25, -0.2) is 8.42 Å². The molecule has 0 amide bonds. The molecule has 0 radical (unpaired) electrons. The molecule has 5 heteroatoms. The standard InChI is InChI=1S/C10H15NO2S2/c1-10(2,14-3)15(12,13)8-9-4-6-11-7-5-9/h4-7H,8H2,1-3H3. The molecule has 1 aromatic heterocycles. The normalized spacial score (nSPS) is 12.7. The number of nitrogens with zero attached hydrogens (tertiary/aromatic N) is 1. The molecule has 0 atom stereocenters. The molecular weight excluding hydrogens is 230 g/mol. The van der Waals surface area contributed by atoms with Crippen LogP contribution in [0.2, 0.25) is 0 Å². The fourth-order valence-electron chi connectivity index (χ4n) is 0.999. The third-order valence-electron chi connectivity index (χ3n) is 2.35. The maximum Gasteiger partial charge on any atom is 0.168 e. The third-order valence-corrected chi connectivity index (χ3v) is 6.80. The Morgan fingerprint density at radius 1 is 1.33 bits per heavy atom. The second-order valence-corrected chi connectivity index (χ2v) is 7.94. The Labute approximate surface area is 95.2 Å². The summed E-state index contributed by atoms with van der Waals surface area (Å²) in [6, 6.07) is 3.46. The van der Waals surface area contributed by atoms with Crippen molar-refractivity contribution < 1.29 is 8.42 Å². The van der Waals surface area contributed by atoms with Gasteiger partial charge in [0, 0.05) is 12.4 Å². The molecule has 0 aromatic carbocycles. The van der Waals surface area contributed by atoms with Gasteiger partial charge >= 0.3 is 0 Å². The molecule has 84 valence electrons. The fraction of sp³-hybridized carbons (Fsp3) is 0.500. The van der Waals surface area contributed by atoms with Gasteiger partial charge < -0.3 is 0 Å². The van der Waals surface area contributed by atoms with Crippen LogP contribution in [0.1, 0.15) is 19.4 Å². The number of thioether (sulfide) groups is 1. The molecule has 15 heavy (non-hydrogen) atoms. The van der Waals surface area contributed by atoms with Gasteiger partial charge in [-0.15, -0.1) is 11.8 Å². The number of sulfone groups is 1. The molecule has 0 N–H and O–H groups in total. The average molecular weight is 245 g/mol. The molecule has 0 aliphatic rings. The van der Waals surface area contributed by atoms with Crippen LogP contribution in [0.3, 0.4) is 0 Å². The highest BCUT2D eigenvalue weighted by molar-refractivity contribution is 8.13. The van der Waals surface area contributed by atoms with Gasteiger partial charge in [0.25, 0.3) is 0 Å². The Hall–Kier alpha value is -0.550. The summed E-state index contributed by atoms with van der Waals surface area (Å²) in [6.07, 6.45) is 5.03. The molecule has 1 rings (SSSR count). The summed E-state index contributed by atoms with van der Waals surface area (Å²) >= 11 is 1.35. The largest absolute Gasteiger partial charge is 0.265 e. The zero-order valence-electron chi connectivity index (χ0n) is 9.10. The molecular formula is C10H15NO2S2. The summed E-state index contributed by atoms with van der Waals surface area (Å²) in [4.78, 5) is 3.86. The minimum Gasteiger partial charge on any atom is -0.265 e. The lowest BCUT2D eigenvalue weighted by Gasteiger charge is -2.22. The van der Waals surface area contributed by atoms with Gasteiger partial charge in [0.1, 0.15) is 4.08 Å². The minimum absolute atomic E-state index is 0.0728. The van der Waals surface area contributed by atoms with Crippen molar-refractivity contribution in [2.45, 2.75) is 23.7 Å². The van der Waals surface area contributed by atoms with E-state index in [9.17, 15) is 8.42 Å². The van der Waals surface area contributed by atoms with Crippen LogP contribution in [0.5, 0.6) is 0 Å². The van der Waals surface area contributed by atoms with Crippen LogP contribution in [0.4, 0.5) is 0 Å².